The predicted molar refractivity (Wildman–Crippen MR) is 87.0 cm³/mol. The number of amides is 1. The van der Waals surface area contributed by atoms with Gasteiger partial charge in [-0.1, -0.05) is 6.07 Å². The fourth-order valence-corrected chi connectivity index (χ4v) is 2.03. The topological polar surface area (TPSA) is 79.8 Å². The average Bonchev–Trinajstić information content (AvgIpc) is 2.68. The van der Waals surface area contributed by atoms with E-state index in [1.54, 1.807) is 24.4 Å². The highest BCUT2D eigenvalue weighted by molar-refractivity contribution is 5.93. The van der Waals surface area contributed by atoms with Gasteiger partial charge in [-0.2, -0.15) is 0 Å². The number of anilines is 2. The summed E-state index contributed by atoms with van der Waals surface area (Å²) in [6.07, 6.45) is 4.06. The zero-order valence-electron chi connectivity index (χ0n) is 13.2. The van der Waals surface area contributed by atoms with Crippen LogP contribution < -0.4 is 10.6 Å². The molecule has 0 atom stereocenters. The quantitative estimate of drug-likeness (QED) is 0.685. The second-order valence-corrected chi connectivity index (χ2v) is 5.15. The Bertz CT molecular complexity index is 920. The Balaban J connectivity index is 1.65. The van der Waals surface area contributed by atoms with E-state index < -0.39 is 23.4 Å². The molecule has 0 radical (unpaired) electrons. The molecule has 0 aliphatic rings. The van der Waals surface area contributed by atoms with Crippen LogP contribution in [0.2, 0.25) is 0 Å². The van der Waals surface area contributed by atoms with Crippen LogP contribution in [0.25, 0.3) is 0 Å². The summed E-state index contributed by atoms with van der Waals surface area (Å²) in [5.41, 5.74) is 0.544. The van der Waals surface area contributed by atoms with Crippen molar-refractivity contribution in [2.45, 2.75) is 6.54 Å². The maximum Gasteiger partial charge on any atom is 0.254 e. The van der Waals surface area contributed by atoms with Gasteiger partial charge in [0.05, 0.1) is 23.5 Å². The van der Waals surface area contributed by atoms with E-state index in [4.69, 9.17) is 0 Å². The van der Waals surface area contributed by atoms with Crippen LogP contribution in [0.3, 0.4) is 0 Å². The highest BCUT2D eigenvalue weighted by Crippen LogP contribution is 2.21. The van der Waals surface area contributed by atoms with Crippen molar-refractivity contribution >= 4 is 17.5 Å². The van der Waals surface area contributed by atoms with Crippen LogP contribution in [0, 0.1) is 17.5 Å². The number of benzene rings is 1. The molecule has 6 nitrogen and oxygen atoms in total. The number of pyridine rings is 1. The number of hydrogen-bond donors (Lipinski definition) is 2. The lowest BCUT2D eigenvalue weighted by Gasteiger charge is -2.08. The van der Waals surface area contributed by atoms with E-state index in [9.17, 15) is 18.0 Å². The number of carbonyl (C=O) groups excluding carboxylic acids is 1. The van der Waals surface area contributed by atoms with Gasteiger partial charge in [0.2, 0.25) is 5.95 Å². The molecule has 0 saturated carbocycles. The van der Waals surface area contributed by atoms with E-state index in [0.717, 1.165) is 12.1 Å². The Kier molecular flexibility index (Phi) is 5.07. The molecule has 1 aromatic carbocycles. The number of rotatable bonds is 5. The van der Waals surface area contributed by atoms with Crippen molar-refractivity contribution in [1.29, 1.82) is 0 Å². The lowest BCUT2D eigenvalue weighted by atomic mass is 10.3. The van der Waals surface area contributed by atoms with Gasteiger partial charge < -0.3 is 10.6 Å². The smallest absolute Gasteiger partial charge is 0.254 e. The molecule has 9 heteroatoms. The maximum absolute atomic E-state index is 13.6. The molecule has 0 aliphatic carbocycles. The van der Waals surface area contributed by atoms with Gasteiger partial charge in [0.15, 0.2) is 17.5 Å². The molecule has 3 rings (SSSR count). The van der Waals surface area contributed by atoms with Gasteiger partial charge in [-0.15, -0.1) is 0 Å². The summed E-state index contributed by atoms with van der Waals surface area (Å²) >= 11 is 0. The Morgan fingerprint density at radius 1 is 0.962 bits per heavy atom. The second kappa shape index (κ2) is 7.60. The molecular formula is C17H12F3N5O. The summed E-state index contributed by atoms with van der Waals surface area (Å²) in [4.78, 5) is 23.8. The zero-order chi connectivity index (χ0) is 18.5. The van der Waals surface area contributed by atoms with Gasteiger partial charge in [0.25, 0.3) is 5.91 Å². The average molecular weight is 359 g/mol. The van der Waals surface area contributed by atoms with Crippen molar-refractivity contribution in [3.8, 4) is 0 Å². The van der Waals surface area contributed by atoms with Gasteiger partial charge in [-0.25, -0.2) is 23.1 Å². The first-order chi connectivity index (χ1) is 12.5. The molecule has 2 N–H and O–H groups in total. The Morgan fingerprint density at radius 3 is 2.42 bits per heavy atom. The molecule has 0 fully saturated rings. The lowest BCUT2D eigenvalue weighted by Crippen LogP contribution is -2.23. The number of halogens is 3. The minimum atomic E-state index is -1.60. The van der Waals surface area contributed by atoms with E-state index in [1.807, 2.05) is 0 Å². The van der Waals surface area contributed by atoms with Crippen LogP contribution in [-0.2, 0) is 6.54 Å². The highest BCUT2D eigenvalue weighted by atomic mass is 19.2. The van der Waals surface area contributed by atoms with E-state index >= 15 is 0 Å². The predicted octanol–water partition coefficient (Wildman–Crippen LogP) is 2.96. The number of carbonyl (C=O) groups is 1. The Labute approximate surface area is 146 Å². The molecule has 132 valence electrons. The van der Waals surface area contributed by atoms with Crippen molar-refractivity contribution < 1.29 is 18.0 Å². The van der Waals surface area contributed by atoms with Crippen molar-refractivity contribution in [3.05, 3.63) is 77.6 Å². The summed E-state index contributed by atoms with van der Waals surface area (Å²) in [5, 5.41) is 5.07. The van der Waals surface area contributed by atoms with Crippen LogP contribution >= 0.6 is 0 Å². The molecule has 1 amide bonds. The monoisotopic (exact) mass is 359 g/mol. The maximum atomic E-state index is 13.6. The molecule has 0 spiro atoms. The third-order valence-corrected chi connectivity index (χ3v) is 3.35. The summed E-state index contributed by atoms with van der Waals surface area (Å²) < 4.78 is 39.7. The number of nitrogens with zero attached hydrogens (tertiary/aromatic N) is 3. The molecule has 26 heavy (non-hydrogen) atoms. The van der Waals surface area contributed by atoms with Crippen LogP contribution in [-0.4, -0.2) is 20.9 Å². The van der Waals surface area contributed by atoms with Crippen LogP contribution in [0.1, 0.15) is 16.1 Å². The number of aromatic nitrogens is 3. The van der Waals surface area contributed by atoms with Gasteiger partial charge in [-0.05, 0) is 24.3 Å². The standard InChI is InChI=1S/C17H12F3N5O/c18-12-4-5-13(15(20)14(12)19)25-17-23-7-10(8-24-17)16(26)22-9-11-3-1-2-6-21-11/h1-8H,9H2,(H,22,26)(H,23,24,25). The minimum absolute atomic E-state index is 0.0730. The first-order valence-corrected chi connectivity index (χ1v) is 7.45. The molecule has 0 saturated heterocycles. The largest absolute Gasteiger partial charge is 0.346 e. The van der Waals surface area contributed by atoms with Crippen molar-refractivity contribution in [2.75, 3.05) is 5.32 Å². The Hall–Kier alpha value is -3.49. The van der Waals surface area contributed by atoms with Gasteiger partial charge >= 0.3 is 0 Å². The van der Waals surface area contributed by atoms with Crippen LogP contribution in [0.5, 0.6) is 0 Å². The molecule has 0 unspecified atom stereocenters. The summed E-state index contributed by atoms with van der Waals surface area (Å²) in [7, 11) is 0. The SMILES string of the molecule is O=C(NCc1ccccn1)c1cnc(Nc2ccc(F)c(F)c2F)nc1. The van der Waals surface area contributed by atoms with Gasteiger partial charge in [0, 0.05) is 18.6 Å². The summed E-state index contributed by atoms with van der Waals surface area (Å²) in [5.74, 6) is -4.77. The van der Waals surface area contributed by atoms with E-state index in [-0.39, 0.29) is 23.7 Å². The van der Waals surface area contributed by atoms with Crippen molar-refractivity contribution in [3.63, 3.8) is 0 Å². The second-order valence-electron chi connectivity index (χ2n) is 5.15. The van der Waals surface area contributed by atoms with Crippen molar-refractivity contribution in [1.82, 2.24) is 20.3 Å². The minimum Gasteiger partial charge on any atom is -0.346 e. The van der Waals surface area contributed by atoms with Crippen LogP contribution in [0.4, 0.5) is 24.8 Å². The van der Waals surface area contributed by atoms with Crippen molar-refractivity contribution in [2.24, 2.45) is 0 Å². The number of hydrogen-bond acceptors (Lipinski definition) is 5. The fourth-order valence-electron chi connectivity index (χ4n) is 2.03. The van der Waals surface area contributed by atoms with E-state index in [0.29, 0.717) is 5.69 Å². The zero-order valence-corrected chi connectivity index (χ0v) is 13.2. The normalized spacial score (nSPS) is 10.4. The third-order valence-electron chi connectivity index (χ3n) is 3.35. The molecule has 2 heterocycles. The third kappa shape index (κ3) is 3.94. The first-order valence-electron chi connectivity index (χ1n) is 7.45. The molecule has 3 aromatic rings. The summed E-state index contributed by atoms with van der Waals surface area (Å²) in [6.45, 7) is 0.236. The summed E-state index contributed by atoms with van der Waals surface area (Å²) in [6, 6.07) is 7.13. The molecule has 0 aliphatic heterocycles. The van der Waals surface area contributed by atoms with Crippen LogP contribution in [0.15, 0.2) is 48.9 Å². The van der Waals surface area contributed by atoms with Gasteiger partial charge in [-0.3, -0.25) is 9.78 Å². The fraction of sp³-hybridized carbons (Fsp3) is 0.0588. The molecular weight excluding hydrogens is 347 g/mol. The van der Waals surface area contributed by atoms with E-state index in [1.165, 1.54) is 12.4 Å². The number of nitrogens with one attached hydrogen (secondary N) is 2. The highest BCUT2D eigenvalue weighted by Gasteiger charge is 2.14. The molecule has 0 bridgehead atoms. The lowest BCUT2D eigenvalue weighted by molar-refractivity contribution is 0.0949. The van der Waals surface area contributed by atoms with Gasteiger partial charge in [0.1, 0.15) is 0 Å². The Morgan fingerprint density at radius 2 is 1.73 bits per heavy atom. The first kappa shape index (κ1) is 17.3. The molecule has 2 aromatic heterocycles. The van der Waals surface area contributed by atoms with E-state index in [2.05, 4.69) is 25.6 Å².